The van der Waals surface area contributed by atoms with Gasteiger partial charge in [-0.15, -0.1) is 12.4 Å². The maximum atomic E-state index is 5.66. The fourth-order valence-electron chi connectivity index (χ4n) is 2.33. The highest BCUT2D eigenvalue weighted by molar-refractivity contribution is 5.85. The minimum atomic E-state index is 0. The van der Waals surface area contributed by atoms with Crippen LogP contribution in [0.25, 0.3) is 0 Å². The first-order valence-electron chi connectivity index (χ1n) is 3.96. The Morgan fingerprint density at radius 2 is 2.18 bits per heavy atom. The smallest absolute Gasteiger partial charge is 0.0861 e. The van der Waals surface area contributed by atoms with Gasteiger partial charge in [0.2, 0.25) is 0 Å². The number of hydrogen-bond donors (Lipinski definition) is 1. The molecular formula is C8H16ClNO. The van der Waals surface area contributed by atoms with Crippen LogP contribution in [0.15, 0.2) is 0 Å². The van der Waals surface area contributed by atoms with Gasteiger partial charge in [0.15, 0.2) is 0 Å². The lowest BCUT2D eigenvalue weighted by Gasteiger charge is -2.51. The average Bonchev–Trinajstić information content (AvgIpc) is 2.41. The SMILES string of the molecule is CC1(C)C2COC1(CN)C2.Cl. The van der Waals surface area contributed by atoms with E-state index in [4.69, 9.17) is 10.5 Å². The maximum Gasteiger partial charge on any atom is 0.0861 e. The molecule has 3 heteroatoms. The minimum Gasteiger partial charge on any atom is -0.373 e. The average molecular weight is 178 g/mol. The summed E-state index contributed by atoms with van der Waals surface area (Å²) in [6.07, 6.45) is 1.19. The third kappa shape index (κ3) is 0.807. The second kappa shape index (κ2) is 2.35. The van der Waals surface area contributed by atoms with E-state index in [1.807, 2.05) is 0 Å². The van der Waals surface area contributed by atoms with Crippen LogP contribution >= 0.6 is 12.4 Å². The molecule has 11 heavy (non-hydrogen) atoms. The van der Waals surface area contributed by atoms with Crippen LogP contribution in [-0.4, -0.2) is 18.8 Å². The predicted octanol–water partition coefficient (Wildman–Crippen LogP) is 1.18. The second-order valence-corrected chi connectivity index (χ2v) is 4.13. The van der Waals surface area contributed by atoms with Crippen LogP contribution in [0, 0.1) is 11.3 Å². The molecule has 2 bridgehead atoms. The summed E-state index contributed by atoms with van der Waals surface area (Å²) in [5, 5.41) is 0. The molecule has 66 valence electrons. The number of nitrogens with two attached hydrogens (primary N) is 1. The Bertz CT molecular complexity index is 167. The van der Waals surface area contributed by atoms with Crippen LogP contribution in [0.2, 0.25) is 0 Å². The summed E-state index contributed by atoms with van der Waals surface area (Å²) in [4.78, 5) is 0. The first-order chi connectivity index (χ1) is 4.62. The molecule has 0 aromatic heterocycles. The Morgan fingerprint density at radius 3 is 2.36 bits per heavy atom. The molecule has 0 aromatic rings. The summed E-state index contributed by atoms with van der Waals surface area (Å²) >= 11 is 0. The van der Waals surface area contributed by atoms with Crippen LogP contribution in [-0.2, 0) is 4.74 Å². The Hall–Kier alpha value is 0.210. The molecule has 0 aromatic carbocycles. The van der Waals surface area contributed by atoms with E-state index in [2.05, 4.69) is 13.8 Å². The summed E-state index contributed by atoms with van der Waals surface area (Å²) < 4.78 is 5.65. The molecule has 3 fully saturated rings. The van der Waals surface area contributed by atoms with Gasteiger partial charge in [-0.05, 0) is 12.3 Å². The van der Waals surface area contributed by atoms with Gasteiger partial charge in [0.25, 0.3) is 0 Å². The highest BCUT2D eigenvalue weighted by atomic mass is 35.5. The minimum absolute atomic E-state index is 0. The van der Waals surface area contributed by atoms with E-state index < -0.39 is 0 Å². The van der Waals surface area contributed by atoms with Crippen molar-refractivity contribution in [1.29, 1.82) is 0 Å². The fraction of sp³-hybridized carbons (Fsp3) is 1.00. The molecule has 0 spiro atoms. The summed E-state index contributed by atoms with van der Waals surface area (Å²) in [6.45, 7) is 6.16. The van der Waals surface area contributed by atoms with E-state index in [9.17, 15) is 0 Å². The fourth-order valence-corrected chi connectivity index (χ4v) is 2.33. The Labute approximate surface area is 73.9 Å². The first-order valence-corrected chi connectivity index (χ1v) is 3.96. The summed E-state index contributed by atoms with van der Waals surface area (Å²) in [5.74, 6) is 0.774. The largest absolute Gasteiger partial charge is 0.373 e. The molecule has 2 aliphatic heterocycles. The molecule has 0 amide bonds. The van der Waals surface area contributed by atoms with Crippen molar-refractivity contribution in [2.24, 2.45) is 17.1 Å². The van der Waals surface area contributed by atoms with E-state index in [1.165, 1.54) is 6.42 Å². The van der Waals surface area contributed by atoms with Crippen molar-refractivity contribution in [2.45, 2.75) is 25.9 Å². The lowest BCUT2D eigenvalue weighted by Crippen LogP contribution is -2.58. The van der Waals surface area contributed by atoms with Crippen LogP contribution in [0.3, 0.4) is 0 Å². The standard InChI is InChI=1S/C8H15NO.ClH/c1-7(2)6-3-8(7,5-9)10-4-6;/h6H,3-5,9H2,1-2H3;1H. The second-order valence-electron chi connectivity index (χ2n) is 4.13. The number of halogens is 1. The molecule has 2 atom stereocenters. The number of ether oxygens (including phenoxy) is 1. The van der Waals surface area contributed by atoms with Gasteiger partial charge in [-0.1, -0.05) is 13.8 Å². The number of fused-ring (bicyclic) bond motifs is 1. The lowest BCUT2D eigenvalue weighted by atomic mass is 9.54. The van der Waals surface area contributed by atoms with Crippen molar-refractivity contribution in [3.05, 3.63) is 0 Å². The van der Waals surface area contributed by atoms with Crippen LogP contribution < -0.4 is 5.73 Å². The van der Waals surface area contributed by atoms with Gasteiger partial charge >= 0.3 is 0 Å². The Kier molecular flexibility index (Phi) is 1.98. The van der Waals surface area contributed by atoms with E-state index >= 15 is 0 Å². The van der Waals surface area contributed by atoms with Gasteiger partial charge in [0, 0.05) is 12.0 Å². The molecule has 1 aliphatic carbocycles. The predicted molar refractivity (Wildman–Crippen MR) is 46.9 cm³/mol. The van der Waals surface area contributed by atoms with Crippen molar-refractivity contribution in [3.63, 3.8) is 0 Å². The van der Waals surface area contributed by atoms with Gasteiger partial charge < -0.3 is 10.5 Å². The molecule has 2 unspecified atom stereocenters. The monoisotopic (exact) mass is 177 g/mol. The normalized spacial score (nSPS) is 44.5. The Balaban J connectivity index is 0.000000605. The zero-order chi connectivity index (χ0) is 7.41. The summed E-state index contributed by atoms with van der Waals surface area (Å²) in [7, 11) is 0. The topological polar surface area (TPSA) is 35.2 Å². The van der Waals surface area contributed by atoms with E-state index in [0.717, 1.165) is 12.5 Å². The molecule has 3 aliphatic rings. The van der Waals surface area contributed by atoms with Gasteiger partial charge in [0.05, 0.1) is 12.2 Å². The third-order valence-corrected chi connectivity index (χ3v) is 3.66. The van der Waals surface area contributed by atoms with Crippen molar-refractivity contribution in [3.8, 4) is 0 Å². The van der Waals surface area contributed by atoms with Crippen LogP contribution in [0.1, 0.15) is 20.3 Å². The van der Waals surface area contributed by atoms with E-state index in [0.29, 0.717) is 12.0 Å². The molecule has 1 saturated carbocycles. The summed E-state index contributed by atoms with van der Waals surface area (Å²) in [6, 6.07) is 0. The molecule has 2 saturated heterocycles. The molecule has 3 rings (SSSR count). The maximum absolute atomic E-state index is 5.66. The third-order valence-electron chi connectivity index (χ3n) is 3.66. The molecular weight excluding hydrogens is 162 g/mol. The highest BCUT2D eigenvalue weighted by Gasteiger charge is 2.65. The quantitative estimate of drug-likeness (QED) is 0.653. The van der Waals surface area contributed by atoms with Crippen LogP contribution in [0.5, 0.6) is 0 Å². The van der Waals surface area contributed by atoms with Gasteiger partial charge in [-0.25, -0.2) is 0 Å². The highest BCUT2D eigenvalue weighted by Crippen LogP contribution is 2.61. The molecule has 2 heterocycles. The molecule has 2 nitrogen and oxygen atoms in total. The first kappa shape index (κ1) is 9.30. The Morgan fingerprint density at radius 1 is 1.55 bits per heavy atom. The summed E-state index contributed by atoms with van der Waals surface area (Å²) in [5.41, 5.74) is 6.06. The van der Waals surface area contributed by atoms with Crippen molar-refractivity contribution < 1.29 is 4.74 Å². The molecule has 0 radical (unpaired) electrons. The lowest BCUT2D eigenvalue weighted by molar-refractivity contribution is -0.0959. The molecule has 2 N–H and O–H groups in total. The van der Waals surface area contributed by atoms with E-state index in [1.54, 1.807) is 0 Å². The van der Waals surface area contributed by atoms with Crippen molar-refractivity contribution >= 4 is 12.4 Å². The van der Waals surface area contributed by atoms with Gasteiger partial charge in [-0.2, -0.15) is 0 Å². The zero-order valence-electron chi connectivity index (χ0n) is 7.09. The van der Waals surface area contributed by atoms with E-state index in [-0.39, 0.29) is 18.0 Å². The number of hydrogen-bond acceptors (Lipinski definition) is 2. The van der Waals surface area contributed by atoms with Gasteiger partial charge in [-0.3, -0.25) is 0 Å². The number of rotatable bonds is 1. The van der Waals surface area contributed by atoms with Crippen LogP contribution in [0.4, 0.5) is 0 Å². The van der Waals surface area contributed by atoms with Crippen molar-refractivity contribution in [2.75, 3.05) is 13.2 Å². The van der Waals surface area contributed by atoms with Crippen molar-refractivity contribution in [1.82, 2.24) is 0 Å². The zero-order valence-corrected chi connectivity index (χ0v) is 7.91. The van der Waals surface area contributed by atoms with Gasteiger partial charge in [0.1, 0.15) is 0 Å².